The number of phenols is 1. The maximum absolute atomic E-state index is 11.3. The van der Waals surface area contributed by atoms with E-state index in [1.807, 2.05) is 0 Å². The van der Waals surface area contributed by atoms with E-state index < -0.39 is 11.9 Å². The molecule has 0 aromatic heterocycles. The summed E-state index contributed by atoms with van der Waals surface area (Å²) in [6, 6.07) is 12.6. The highest BCUT2D eigenvalue weighted by atomic mass is 32.2. The lowest BCUT2D eigenvalue weighted by Gasteiger charge is -2.12. The predicted molar refractivity (Wildman–Crippen MR) is 102 cm³/mol. The van der Waals surface area contributed by atoms with E-state index in [0.717, 1.165) is 12.0 Å². The number of carboxylic acid groups (broad SMARTS) is 2. The number of fused-ring (bicyclic) bond motifs is 1. The van der Waals surface area contributed by atoms with Gasteiger partial charge in [0.15, 0.2) is 0 Å². The molecular weight excluding hydrogens is 386 g/mol. The molecule has 0 aliphatic rings. The van der Waals surface area contributed by atoms with Crippen molar-refractivity contribution in [2.75, 3.05) is 5.48 Å². The van der Waals surface area contributed by atoms with Crippen LogP contribution in [0.1, 0.15) is 26.3 Å². The Morgan fingerprint density at radius 2 is 1.79 bits per heavy atom. The summed E-state index contributed by atoms with van der Waals surface area (Å²) in [7, 11) is 0. The lowest BCUT2D eigenvalue weighted by Crippen LogP contribution is -2.02. The Labute approximate surface area is 163 Å². The fraction of sp³-hybridized carbons (Fsp3) is 0.0526. The number of hydrogen-bond acceptors (Lipinski definition) is 7. The first-order chi connectivity index (χ1) is 13.4. The zero-order valence-electron chi connectivity index (χ0n) is 14.5. The Balaban J connectivity index is 1.74. The van der Waals surface area contributed by atoms with Crippen molar-refractivity contribution in [3.8, 4) is 5.75 Å². The van der Waals surface area contributed by atoms with Gasteiger partial charge in [-0.05, 0) is 42.6 Å². The first kappa shape index (κ1) is 19.5. The van der Waals surface area contributed by atoms with Crippen LogP contribution in [0.25, 0.3) is 10.8 Å². The molecule has 0 unspecified atom stereocenters. The number of carbonyl (C=O) groups is 2. The quantitative estimate of drug-likeness (QED) is 0.199. The molecule has 0 amide bonds. The molecule has 0 aliphatic heterocycles. The van der Waals surface area contributed by atoms with Gasteiger partial charge in [0, 0.05) is 15.8 Å². The number of nitrogens with one attached hydrogen (secondary N) is 1. The van der Waals surface area contributed by atoms with Crippen molar-refractivity contribution in [1.82, 2.24) is 0 Å². The third-order valence-electron chi connectivity index (χ3n) is 4.00. The van der Waals surface area contributed by atoms with E-state index in [1.165, 1.54) is 18.2 Å². The number of anilines is 1. The van der Waals surface area contributed by atoms with E-state index in [4.69, 9.17) is 14.4 Å². The van der Waals surface area contributed by atoms with E-state index in [-0.39, 0.29) is 16.9 Å². The van der Waals surface area contributed by atoms with Crippen molar-refractivity contribution in [3.63, 3.8) is 0 Å². The Bertz CT molecular complexity index is 1070. The summed E-state index contributed by atoms with van der Waals surface area (Å²) in [6.07, 6.45) is 0. The number of hydrogen-bond donors (Lipinski definition) is 4. The van der Waals surface area contributed by atoms with Gasteiger partial charge in [0.25, 0.3) is 0 Å². The lowest BCUT2D eigenvalue weighted by atomic mass is 10.0. The first-order valence-electron chi connectivity index (χ1n) is 7.96. The maximum atomic E-state index is 11.3. The van der Waals surface area contributed by atoms with Crippen LogP contribution in [0.4, 0.5) is 5.69 Å². The minimum atomic E-state index is -1.21. The largest absolute Gasteiger partial charge is 0.507 e. The molecule has 8 nitrogen and oxygen atoms in total. The minimum Gasteiger partial charge on any atom is -0.507 e. The van der Waals surface area contributed by atoms with Crippen LogP contribution in [0.15, 0.2) is 53.4 Å². The van der Waals surface area contributed by atoms with Crippen LogP contribution in [-0.4, -0.2) is 27.3 Å². The van der Waals surface area contributed by atoms with Crippen molar-refractivity contribution in [1.29, 1.82) is 0 Å². The van der Waals surface area contributed by atoms with E-state index in [2.05, 4.69) is 5.48 Å². The molecule has 0 fully saturated rings. The van der Waals surface area contributed by atoms with Crippen LogP contribution < -0.4 is 5.48 Å². The molecule has 0 saturated heterocycles. The van der Waals surface area contributed by atoms with Crippen LogP contribution in [0.5, 0.6) is 5.75 Å². The van der Waals surface area contributed by atoms with Gasteiger partial charge in [-0.3, -0.25) is 0 Å². The van der Waals surface area contributed by atoms with Crippen molar-refractivity contribution in [2.45, 2.75) is 11.8 Å². The summed E-state index contributed by atoms with van der Waals surface area (Å²) in [4.78, 5) is 27.7. The molecule has 0 heterocycles. The van der Waals surface area contributed by atoms with Gasteiger partial charge in [-0.2, -0.15) is 0 Å². The van der Waals surface area contributed by atoms with E-state index in [1.54, 1.807) is 37.3 Å². The fourth-order valence-electron chi connectivity index (χ4n) is 2.68. The molecule has 0 saturated carbocycles. The number of aryl methyl sites for hydroxylation is 1. The molecule has 144 valence electrons. The van der Waals surface area contributed by atoms with Crippen LogP contribution in [0.2, 0.25) is 0 Å². The van der Waals surface area contributed by atoms with Gasteiger partial charge in [-0.1, -0.05) is 18.2 Å². The van der Waals surface area contributed by atoms with Gasteiger partial charge in [-0.25, -0.2) is 15.1 Å². The first-order valence-corrected chi connectivity index (χ1v) is 8.70. The highest BCUT2D eigenvalue weighted by Gasteiger charge is 2.17. The number of benzene rings is 3. The molecular formula is C19H15NO7S. The minimum absolute atomic E-state index is 0.0932. The molecule has 0 bridgehead atoms. The second-order valence-corrected chi connectivity index (χ2v) is 6.52. The summed E-state index contributed by atoms with van der Waals surface area (Å²) in [5.74, 6) is -2.59. The van der Waals surface area contributed by atoms with Gasteiger partial charge in [0.2, 0.25) is 0 Å². The predicted octanol–water partition coefficient (Wildman–Crippen LogP) is 4.23. The highest BCUT2D eigenvalue weighted by molar-refractivity contribution is 7.94. The van der Waals surface area contributed by atoms with E-state index in [9.17, 15) is 19.8 Å². The van der Waals surface area contributed by atoms with Gasteiger partial charge < -0.3 is 15.3 Å². The molecule has 3 aromatic carbocycles. The number of rotatable bonds is 7. The van der Waals surface area contributed by atoms with Crippen molar-refractivity contribution in [2.24, 2.45) is 0 Å². The summed E-state index contributed by atoms with van der Waals surface area (Å²) in [6.45, 7) is 1.62. The second-order valence-electron chi connectivity index (χ2n) is 5.78. The lowest BCUT2D eigenvalue weighted by molar-refractivity contribution is -0.161. The molecule has 28 heavy (non-hydrogen) atoms. The topological polar surface area (TPSA) is 125 Å². The standard InChI is InChI=1S/C19H15NO7S/c1-10-16-11(9-14(17(10)21)19(24)25)4-3-7-15(16)28-27-26-20-13-6-2-5-12(8-13)18(22)23/h2-9,20-21H,1H3,(H,22,23)(H,24,25). The average Bonchev–Trinajstić information content (AvgIpc) is 2.67. The molecule has 0 atom stereocenters. The van der Waals surface area contributed by atoms with Crippen LogP contribution in [0.3, 0.4) is 0 Å². The molecule has 0 spiro atoms. The highest BCUT2D eigenvalue weighted by Crippen LogP contribution is 2.37. The SMILES string of the molecule is Cc1c(O)c(C(=O)O)cc2cccc(SOONc3cccc(C(=O)O)c3)c12. The monoisotopic (exact) mass is 401 g/mol. The van der Waals surface area contributed by atoms with Crippen molar-refractivity contribution < 1.29 is 34.2 Å². The molecule has 0 aliphatic carbocycles. The summed E-state index contributed by atoms with van der Waals surface area (Å²) < 4.78 is 5.06. The van der Waals surface area contributed by atoms with Crippen LogP contribution >= 0.6 is 12.0 Å². The Morgan fingerprint density at radius 1 is 1.04 bits per heavy atom. The third-order valence-corrected chi connectivity index (χ3v) is 4.66. The average molecular weight is 401 g/mol. The van der Waals surface area contributed by atoms with E-state index in [0.29, 0.717) is 26.9 Å². The summed E-state index contributed by atoms with van der Waals surface area (Å²) in [5, 5.41) is 29.6. The zero-order chi connectivity index (χ0) is 20.3. The number of carboxylic acids is 2. The van der Waals surface area contributed by atoms with E-state index >= 15 is 0 Å². The fourth-order valence-corrected chi connectivity index (χ4v) is 3.31. The molecule has 4 N–H and O–H groups in total. The number of aromatic carboxylic acids is 2. The number of aromatic hydroxyl groups is 1. The van der Waals surface area contributed by atoms with Gasteiger partial charge in [0.05, 0.1) is 23.3 Å². The smallest absolute Gasteiger partial charge is 0.339 e. The summed E-state index contributed by atoms with van der Waals surface area (Å²) >= 11 is 0.857. The van der Waals surface area contributed by atoms with Crippen molar-refractivity contribution >= 4 is 40.4 Å². The zero-order valence-corrected chi connectivity index (χ0v) is 15.3. The summed E-state index contributed by atoms with van der Waals surface area (Å²) in [5.41, 5.74) is 3.18. The second kappa shape index (κ2) is 8.17. The van der Waals surface area contributed by atoms with Gasteiger partial charge >= 0.3 is 11.9 Å². The Morgan fingerprint density at radius 3 is 2.50 bits per heavy atom. The molecule has 9 heteroatoms. The third kappa shape index (κ3) is 4.01. The van der Waals surface area contributed by atoms with Gasteiger partial charge in [0.1, 0.15) is 11.3 Å². The molecule has 3 rings (SSSR count). The molecule has 0 radical (unpaired) electrons. The maximum Gasteiger partial charge on any atom is 0.339 e. The molecule has 3 aromatic rings. The van der Waals surface area contributed by atoms with Gasteiger partial charge in [-0.15, -0.1) is 9.32 Å². The van der Waals surface area contributed by atoms with Crippen molar-refractivity contribution in [3.05, 3.63) is 65.2 Å². The Hall–Kier alpha value is -3.27. The normalized spacial score (nSPS) is 10.8. The van der Waals surface area contributed by atoms with Crippen LogP contribution in [-0.2, 0) is 9.32 Å². The Kier molecular flexibility index (Phi) is 5.69. The van der Waals surface area contributed by atoms with Crippen LogP contribution in [0, 0.1) is 6.92 Å².